The summed E-state index contributed by atoms with van der Waals surface area (Å²) < 4.78 is 45.7. The number of nitrogens with zero attached hydrogens (tertiary/aromatic N) is 1. The zero-order valence-corrected chi connectivity index (χ0v) is 11.5. The standard InChI is InChI=1S/C15H15F3N2O/c1-2-19-6-10-4-13(17)15(14(18)5-10)21-9-11-3-12(16)8-20-7-11/h3-5,7-8,19H,2,6,9H2,1H3. The minimum atomic E-state index is -0.785. The van der Waals surface area contributed by atoms with Crippen molar-refractivity contribution in [2.75, 3.05) is 6.54 Å². The third kappa shape index (κ3) is 4.19. The zero-order chi connectivity index (χ0) is 15.2. The van der Waals surface area contributed by atoms with Gasteiger partial charge in [0.05, 0.1) is 6.20 Å². The molecule has 1 aromatic heterocycles. The highest BCUT2D eigenvalue weighted by atomic mass is 19.1. The highest BCUT2D eigenvalue weighted by Gasteiger charge is 2.13. The molecule has 21 heavy (non-hydrogen) atoms. The van der Waals surface area contributed by atoms with Gasteiger partial charge in [0, 0.05) is 18.3 Å². The van der Waals surface area contributed by atoms with E-state index in [4.69, 9.17) is 4.74 Å². The van der Waals surface area contributed by atoms with E-state index in [1.807, 2.05) is 6.92 Å². The Labute approximate surface area is 120 Å². The molecule has 0 fully saturated rings. The van der Waals surface area contributed by atoms with Crippen molar-refractivity contribution in [2.24, 2.45) is 0 Å². The van der Waals surface area contributed by atoms with E-state index in [1.54, 1.807) is 0 Å². The third-order valence-electron chi connectivity index (χ3n) is 2.78. The number of pyridine rings is 1. The van der Waals surface area contributed by atoms with Crippen molar-refractivity contribution in [1.82, 2.24) is 10.3 Å². The van der Waals surface area contributed by atoms with Crippen LogP contribution in [0.5, 0.6) is 5.75 Å². The van der Waals surface area contributed by atoms with Gasteiger partial charge >= 0.3 is 0 Å². The molecule has 2 rings (SSSR count). The van der Waals surface area contributed by atoms with Gasteiger partial charge in [-0.3, -0.25) is 4.98 Å². The summed E-state index contributed by atoms with van der Waals surface area (Å²) in [7, 11) is 0. The molecule has 0 radical (unpaired) electrons. The van der Waals surface area contributed by atoms with Gasteiger partial charge in [0.15, 0.2) is 17.4 Å². The molecule has 3 nitrogen and oxygen atoms in total. The summed E-state index contributed by atoms with van der Waals surface area (Å²) in [4.78, 5) is 3.64. The predicted octanol–water partition coefficient (Wildman–Crippen LogP) is 3.19. The van der Waals surface area contributed by atoms with E-state index in [1.165, 1.54) is 24.4 Å². The molecule has 0 saturated heterocycles. The number of benzene rings is 1. The van der Waals surface area contributed by atoms with Crippen molar-refractivity contribution in [2.45, 2.75) is 20.1 Å². The van der Waals surface area contributed by atoms with E-state index in [9.17, 15) is 13.2 Å². The second-order valence-electron chi connectivity index (χ2n) is 4.47. The molecule has 0 atom stereocenters. The number of aromatic nitrogens is 1. The average Bonchev–Trinajstić information content (AvgIpc) is 2.44. The molecular formula is C15H15F3N2O. The molecule has 0 unspecified atom stereocenters. The van der Waals surface area contributed by atoms with Gasteiger partial charge in [0.2, 0.25) is 0 Å². The summed E-state index contributed by atoms with van der Waals surface area (Å²) in [6.07, 6.45) is 2.42. The minimum Gasteiger partial charge on any atom is -0.483 e. The second-order valence-corrected chi connectivity index (χ2v) is 4.47. The van der Waals surface area contributed by atoms with Crippen molar-refractivity contribution < 1.29 is 17.9 Å². The highest BCUT2D eigenvalue weighted by molar-refractivity contribution is 5.31. The Morgan fingerprint density at radius 1 is 1.05 bits per heavy atom. The number of hydrogen-bond donors (Lipinski definition) is 1. The van der Waals surface area contributed by atoms with Crippen molar-refractivity contribution >= 4 is 0 Å². The Balaban J connectivity index is 2.09. The van der Waals surface area contributed by atoms with E-state index < -0.39 is 23.2 Å². The van der Waals surface area contributed by atoms with Crippen LogP contribution in [0.2, 0.25) is 0 Å². The molecule has 0 saturated carbocycles. The van der Waals surface area contributed by atoms with Gasteiger partial charge in [-0.2, -0.15) is 0 Å². The fourth-order valence-corrected chi connectivity index (χ4v) is 1.81. The van der Waals surface area contributed by atoms with Gasteiger partial charge in [-0.1, -0.05) is 6.92 Å². The number of rotatable bonds is 6. The Bertz CT molecular complexity index is 597. The Hall–Kier alpha value is -2.08. The van der Waals surface area contributed by atoms with Crippen LogP contribution < -0.4 is 10.1 Å². The molecule has 2 aromatic rings. The van der Waals surface area contributed by atoms with Crippen LogP contribution in [0.3, 0.4) is 0 Å². The van der Waals surface area contributed by atoms with Crippen LogP contribution in [0, 0.1) is 17.5 Å². The van der Waals surface area contributed by atoms with E-state index in [-0.39, 0.29) is 6.61 Å². The maximum absolute atomic E-state index is 13.8. The first-order valence-corrected chi connectivity index (χ1v) is 6.51. The number of nitrogens with one attached hydrogen (secondary N) is 1. The largest absolute Gasteiger partial charge is 0.483 e. The normalized spacial score (nSPS) is 10.7. The lowest BCUT2D eigenvalue weighted by Crippen LogP contribution is -2.12. The van der Waals surface area contributed by atoms with E-state index >= 15 is 0 Å². The second kappa shape index (κ2) is 7.08. The Kier molecular flexibility index (Phi) is 5.16. The zero-order valence-electron chi connectivity index (χ0n) is 11.5. The lowest BCUT2D eigenvalue weighted by molar-refractivity contribution is 0.273. The molecule has 0 aliphatic heterocycles. The van der Waals surface area contributed by atoms with E-state index in [2.05, 4.69) is 10.3 Å². The van der Waals surface area contributed by atoms with Crippen molar-refractivity contribution in [1.29, 1.82) is 0 Å². The maximum atomic E-state index is 13.8. The van der Waals surface area contributed by atoms with E-state index in [0.29, 0.717) is 24.2 Å². The van der Waals surface area contributed by atoms with E-state index in [0.717, 1.165) is 6.20 Å². The van der Waals surface area contributed by atoms with Crippen LogP contribution >= 0.6 is 0 Å². The summed E-state index contributed by atoms with van der Waals surface area (Å²) >= 11 is 0. The molecule has 0 bridgehead atoms. The Morgan fingerprint density at radius 3 is 2.38 bits per heavy atom. The third-order valence-corrected chi connectivity index (χ3v) is 2.78. The quantitative estimate of drug-likeness (QED) is 0.889. The number of ether oxygens (including phenoxy) is 1. The molecule has 0 amide bonds. The SMILES string of the molecule is CCNCc1cc(F)c(OCc2cncc(F)c2)c(F)c1. The monoisotopic (exact) mass is 296 g/mol. The predicted molar refractivity (Wildman–Crippen MR) is 72.3 cm³/mol. The minimum absolute atomic E-state index is 0.162. The maximum Gasteiger partial charge on any atom is 0.191 e. The fourth-order valence-electron chi connectivity index (χ4n) is 1.81. The van der Waals surface area contributed by atoms with Gasteiger partial charge in [-0.05, 0) is 30.3 Å². The van der Waals surface area contributed by atoms with Crippen LogP contribution in [-0.4, -0.2) is 11.5 Å². The molecular weight excluding hydrogens is 281 g/mol. The highest BCUT2D eigenvalue weighted by Crippen LogP contribution is 2.24. The summed E-state index contributed by atoms with van der Waals surface area (Å²) in [5.74, 6) is -2.57. The van der Waals surface area contributed by atoms with Crippen LogP contribution in [0.15, 0.2) is 30.6 Å². The first-order chi connectivity index (χ1) is 10.1. The summed E-state index contributed by atoms with van der Waals surface area (Å²) in [5.41, 5.74) is 0.886. The summed E-state index contributed by atoms with van der Waals surface area (Å²) in [5, 5.41) is 2.98. The smallest absolute Gasteiger partial charge is 0.191 e. The van der Waals surface area contributed by atoms with Crippen LogP contribution in [0.4, 0.5) is 13.2 Å². The molecule has 1 N–H and O–H groups in total. The molecule has 1 heterocycles. The van der Waals surface area contributed by atoms with Gasteiger partial charge in [0.25, 0.3) is 0 Å². The van der Waals surface area contributed by atoms with Gasteiger partial charge in [-0.15, -0.1) is 0 Å². The first-order valence-electron chi connectivity index (χ1n) is 6.51. The van der Waals surface area contributed by atoms with Gasteiger partial charge in [-0.25, -0.2) is 13.2 Å². The molecule has 0 spiro atoms. The lowest BCUT2D eigenvalue weighted by atomic mass is 10.2. The van der Waals surface area contributed by atoms with Crippen molar-refractivity contribution in [3.05, 3.63) is 59.2 Å². The molecule has 1 aromatic carbocycles. The fraction of sp³-hybridized carbons (Fsp3) is 0.267. The van der Waals surface area contributed by atoms with Gasteiger partial charge in [0.1, 0.15) is 12.4 Å². The summed E-state index contributed by atoms with van der Waals surface area (Å²) in [6.45, 7) is 2.81. The van der Waals surface area contributed by atoms with Gasteiger partial charge < -0.3 is 10.1 Å². The number of hydrogen-bond acceptors (Lipinski definition) is 3. The lowest BCUT2D eigenvalue weighted by Gasteiger charge is -2.10. The van der Waals surface area contributed by atoms with Crippen LogP contribution in [0.25, 0.3) is 0 Å². The average molecular weight is 296 g/mol. The van der Waals surface area contributed by atoms with Crippen molar-refractivity contribution in [3.63, 3.8) is 0 Å². The van der Waals surface area contributed by atoms with Crippen LogP contribution in [0.1, 0.15) is 18.1 Å². The number of halogens is 3. The topological polar surface area (TPSA) is 34.1 Å². The van der Waals surface area contributed by atoms with Crippen molar-refractivity contribution in [3.8, 4) is 5.75 Å². The molecule has 112 valence electrons. The molecule has 6 heteroatoms. The summed E-state index contributed by atoms with van der Waals surface area (Å²) in [6, 6.07) is 3.62. The molecule has 0 aliphatic carbocycles. The first kappa shape index (κ1) is 15.3. The molecule has 0 aliphatic rings. The Morgan fingerprint density at radius 2 is 1.76 bits per heavy atom. The van der Waals surface area contributed by atoms with Crippen LogP contribution in [-0.2, 0) is 13.2 Å².